The van der Waals surface area contributed by atoms with Crippen LogP contribution in [-0.4, -0.2) is 28.6 Å². The lowest BCUT2D eigenvalue weighted by atomic mass is 10.0. The number of benzene rings is 3. The van der Waals surface area contributed by atoms with Crippen molar-refractivity contribution in [3.05, 3.63) is 89.0 Å². The highest BCUT2D eigenvalue weighted by Gasteiger charge is 2.19. The van der Waals surface area contributed by atoms with E-state index < -0.39 is 5.97 Å². The summed E-state index contributed by atoms with van der Waals surface area (Å²) in [4.78, 5) is 24.6. The lowest BCUT2D eigenvalue weighted by Crippen LogP contribution is -2.35. The summed E-state index contributed by atoms with van der Waals surface area (Å²) in [5.74, 6) is -1.28. The summed E-state index contributed by atoms with van der Waals surface area (Å²) in [6, 6.07) is 21.8. The summed E-state index contributed by atoms with van der Waals surface area (Å²) < 4.78 is 0. The molecule has 0 spiro atoms. The molecule has 0 saturated heterocycles. The highest BCUT2D eigenvalue weighted by molar-refractivity contribution is 7.80. The number of fused-ring (bicyclic) bond motifs is 3. The summed E-state index contributed by atoms with van der Waals surface area (Å²) in [6.07, 6.45) is 0.795. The number of carboxylic acid groups (broad SMARTS) is 1. The zero-order valence-corrected chi connectivity index (χ0v) is 18.2. The molecule has 1 aliphatic carbocycles. The number of amides is 1. The van der Waals surface area contributed by atoms with E-state index in [1.165, 1.54) is 22.3 Å². The molecule has 0 saturated carbocycles. The fourth-order valence-corrected chi connectivity index (χ4v) is 4.12. The molecule has 1 aliphatic rings. The van der Waals surface area contributed by atoms with Gasteiger partial charge in [0.05, 0.1) is 13.0 Å². The van der Waals surface area contributed by atoms with Crippen LogP contribution in [-0.2, 0) is 17.8 Å². The molecule has 3 aromatic carbocycles. The average molecular weight is 446 g/mol. The van der Waals surface area contributed by atoms with Crippen LogP contribution in [0.2, 0.25) is 0 Å². The van der Waals surface area contributed by atoms with Gasteiger partial charge in [0.25, 0.3) is 5.91 Å². The molecule has 0 heterocycles. The first-order valence-corrected chi connectivity index (χ1v) is 10.7. The number of anilines is 1. The van der Waals surface area contributed by atoms with Gasteiger partial charge in [-0.05, 0) is 70.7 Å². The van der Waals surface area contributed by atoms with E-state index in [1.54, 1.807) is 24.3 Å². The second-order valence-electron chi connectivity index (χ2n) is 7.70. The predicted octanol–water partition coefficient (Wildman–Crippen LogP) is 3.71. The van der Waals surface area contributed by atoms with Gasteiger partial charge in [-0.1, -0.05) is 42.5 Å². The number of nitrogens with two attached hydrogens (primary N) is 1. The Morgan fingerprint density at radius 2 is 1.72 bits per heavy atom. The maximum Gasteiger partial charge on any atom is 0.305 e. The number of hydrogen-bond donors (Lipinski definition) is 3. The van der Waals surface area contributed by atoms with E-state index in [9.17, 15) is 9.59 Å². The quantitative estimate of drug-likeness (QED) is 0.375. The Bertz CT molecular complexity index is 1190. The fourth-order valence-electron chi connectivity index (χ4n) is 3.95. The fraction of sp³-hybridized carbons (Fsp3) is 0.160. The Hall–Kier alpha value is -3.71. The lowest BCUT2D eigenvalue weighted by Gasteiger charge is -2.23. The molecular formula is C25H23N3O3S. The van der Waals surface area contributed by atoms with Gasteiger partial charge >= 0.3 is 5.97 Å². The Labute approximate surface area is 191 Å². The maximum absolute atomic E-state index is 12.2. The molecule has 0 atom stereocenters. The van der Waals surface area contributed by atoms with Crippen LogP contribution in [0, 0.1) is 0 Å². The highest BCUT2D eigenvalue weighted by Crippen LogP contribution is 2.37. The normalized spacial score (nSPS) is 11.4. The van der Waals surface area contributed by atoms with E-state index in [1.807, 2.05) is 4.90 Å². The standard InChI is InChI=1S/C25H23N3O3S/c26-25(32)28(20-8-6-17(7-9-20)24(31)27-12-11-23(29)30)15-16-5-10-22-19(13-16)14-18-3-1-2-4-21(18)22/h1-10,13H,11-12,14-15H2,(H2,26,32)(H,27,31)(H,29,30). The third-order valence-electron chi connectivity index (χ3n) is 5.53. The van der Waals surface area contributed by atoms with E-state index in [0.717, 1.165) is 17.7 Å². The zero-order valence-electron chi connectivity index (χ0n) is 17.4. The first kappa shape index (κ1) is 21.5. The molecule has 0 bridgehead atoms. The second kappa shape index (κ2) is 9.20. The summed E-state index contributed by atoms with van der Waals surface area (Å²) >= 11 is 5.29. The second-order valence-corrected chi connectivity index (χ2v) is 8.11. The van der Waals surface area contributed by atoms with Crippen molar-refractivity contribution in [2.75, 3.05) is 11.4 Å². The minimum absolute atomic E-state index is 0.0805. The Balaban J connectivity index is 1.48. The zero-order chi connectivity index (χ0) is 22.7. The van der Waals surface area contributed by atoms with Crippen molar-refractivity contribution in [2.45, 2.75) is 19.4 Å². The van der Waals surface area contributed by atoms with Crippen LogP contribution in [0.5, 0.6) is 0 Å². The first-order chi connectivity index (χ1) is 15.4. The number of thiocarbonyl (C=S) groups is 1. The number of nitrogens with one attached hydrogen (secondary N) is 1. The van der Waals surface area contributed by atoms with Gasteiger partial charge in [-0.2, -0.15) is 0 Å². The average Bonchev–Trinajstić information content (AvgIpc) is 3.15. The van der Waals surface area contributed by atoms with Crippen LogP contribution in [0.25, 0.3) is 11.1 Å². The van der Waals surface area contributed by atoms with Crippen LogP contribution in [0.1, 0.15) is 33.5 Å². The molecule has 3 aromatic rings. The summed E-state index contributed by atoms with van der Waals surface area (Å²) in [5.41, 5.74) is 13.5. The highest BCUT2D eigenvalue weighted by atomic mass is 32.1. The van der Waals surface area contributed by atoms with E-state index in [-0.39, 0.29) is 24.0 Å². The molecule has 0 aliphatic heterocycles. The van der Waals surface area contributed by atoms with Crippen LogP contribution in [0.4, 0.5) is 5.69 Å². The summed E-state index contributed by atoms with van der Waals surface area (Å²) in [5, 5.41) is 11.5. The third kappa shape index (κ3) is 4.63. The van der Waals surface area contributed by atoms with Crippen molar-refractivity contribution in [1.29, 1.82) is 0 Å². The Morgan fingerprint density at radius 1 is 1.00 bits per heavy atom. The van der Waals surface area contributed by atoms with Crippen LogP contribution < -0.4 is 16.0 Å². The number of carboxylic acids is 1. The minimum Gasteiger partial charge on any atom is -0.481 e. The van der Waals surface area contributed by atoms with Gasteiger partial charge in [-0.3, -0.25) is 9.59 Å². The molecule has 0 radical (unpaired) electrons. The van der Waals surface area contributed by atoms with Crippen LogP contribution >= 0.6 is 12.2 Å². The van der Waals surface area contributed by atoms with Gasteiger partial charge in [-0.25, -0.2) is 0 Å². The Morgan fingerprint density at radius 3 is 2.44 bits per heavy atom. The molecule has 4 N–H and O–H groups in total. The van der Waals surface area contributed by atoms with Gasteiger partial charge in [0.2, 0.25) is 0 Å². The topological polar surface area (TPSA) is 95.7 Å². The summed E-state index contributed by atoms with van der Waals surface area (Å²) in [6.45, 7) is 0.597. The molecule has 32 heavy (non-hydrogen) atoms. The maximum atomic E-state index is 12.2. The molecule has 1 amide bonds. The number of carbonyl (C=O) groups excluding carboxylic acids is 1. The molecular weight excluding hydrogens is 422 g/mol. The van der Waals surface area contributed by atoms with Crippen molar-refractivity contribution >= 4 is 34.9 Å². The number of carbonyl (C=O) groups is 2. The number of nitrogens with zero attached hydrogens (tertiary/aromatic N) is 1. The van der Waals surface area contributed by atoms with Crippen LogP contribution in [0.3, 0.4) is 0 Å². The lowest BCUT2D eigenvalue weighted by molar-refractivity contribution is -0.136. The van der Waals surface area contributed by atoms with Crippen molar-refractivity contribution < 1.29 is 14.7 Å². The summed E-state index contributed by atoms with van der Waals surface area (Å²) in [7, 11) is 0. The first-order valence-electron chi connectivity index (χ1n) is 10.3. The van der Waals surface area contributed by atoms with Crippen molar-refractivity contribution in [2.24, 2.45) is 5.73 Å². The SMILES string of the molecule is NC(=S)N(Cc1ccc2c(c1)Cc1ccccc1-2)c1ccc(C(=O)NCCC(=O)O)cc1. The van der Waals surface area contributed by atoms with Crippen molar-refractivity contribution in [3.8, 4) is 11.1 Å². The van der Waals surface area contributed by atoms with E-state index in [0.29, 0.717) is 12.1 Å². The van der Waals surface area contributed by atoms with Gasteiger partial charge in [0.15, 0.2) is 5.11 Å². The Kier molecular flexibility index (Phi) is 6.18. The monoisotopic (exact) mass is 445 g/mol. The van der Waals surface area contributed by atoms with Crippen molar-refractivity contribution in [3.63, 3.8) is 0 Å². The van der Waals surface area contributed by atoms with Gasteiger partial charge in [-0.15, -0.1) is 0 Å². The van der Waals surface area contributed by atoms with Crippen LogP contribution in [0.15, 0.2) is 66.7 Å². The van der Waals surface area contributed by atoms with Gasteiger partial charge in [0, 0.05) is 17.8 Å². The molecule has 162 valence electrons. The molecule has 4 rings (SSSR count). The minimum atomic E-state index is -0.955. The molecule has 7 heteroatoms. The molecule has 0 aromatic heterocycles. The van der Waals surface area contributed by atoms with Gasteiger partial charge in [0.1, 0.15) is 0 Å². The number of hydrogen-bond acceptors (Lipinski definition) is 3. The van der Waals surface area contributed by atoms with E-state index in [4.69, 9.17) is 23.1 Å². The van der Waals surface area contributed by atoms with E-state index in [2.05, 4.69) is 47.8 Å². The number of aliphatic carboxylic acids is 1. The third-order valence-corrected chi connectivity index (χ3v) is 5.75. The van der Waals surface area contributed by atoms with E-state index >= 15 is 0 Å². The molecule has 0 unspecified atom stereocenters. The molecule has 6 nitrogen and oxygen atoms in total. The molecule has 0 fully saturated rings. The predicted molar refractivity (Wildman–Crippen MR) is 129 cm³/mol. The number of rotatable bonds is 7. The van der Waals surface area contributed by atoms with Gasteiger partial charge < -0.3 is 21.1 Å². The smallest absolute Gasteiger partial charge is 0.305 e. The largest absolute Gasteiger partial charge is 0.481 e. The van der Waals surface area contributed by atoms with Crippen molar-refractivity contribution in [1.82, 2.24) is 5.32 Å².